The Labute approximate surface area is 160 Å². The molecule has 0 bridgehead atoms. The lowest BCUT2D eigenvalue weighted by molar-refractivity contribution is 0.477. The Balaban J connectivity index is 1.37. The van der Waals surface area contributed by atoms with Gasteiger partial charge in [-0.2, -0.15) is 4.31 Å². The Kier molecular flexibility index (Phi) is 5.25. The third-order valence-electron chi connectivity index (χ3n) is 5.10. The van der Waals surface area contributed by atoms with E-state index in [2.05, 4.69) is 41.7 Å². The maximum absolute atomic E-state index is 12.6. The second kappa shape index (κ2) is 7.80. The minimum Gasteiger partial charge on any atom is -0.309 e. The van der Waals surface area contributed by atoms with E-state index in [1.54, 1.807) is 16.4 Å². The molecule has 1 aliphatic rings. The monoisotopic (exact) mass is 380 g/mol. The van der Waals surface area contributed by atoms with Crippen LogP contribution in [0.5, 0.6) is 0 Å². The molecule has 140 valence electrons. The van der Waals surface area contributed by atoms with Gasteiger partial charge in [-0.25, -0.2) is 8.42 Å². The van der Waals surface area contributed by atoms with Gasteiger partial charge >= 0.3 is 0 Å². The van der Waals surface area contributed by atoms with E-state index in [9.17, 15) is 8.42 Å². The van der Waals surface area contributed by atoms with Gasteiger partial charge in [-0.1, -0.05) is 48.5 Å². The molecule has 4 nitrogen and oxygen atoms in total. The predicted molar refractivity (Wildman–Crippen MR) is 109 cm³/mol. The van der Waals surface area contributed by atoms with Crippen LogP contribution in [0.25, 0.3) is 10.8 Å². The van der Waals surface area contributed by atoms with Gasteiger partial charge in [-0.15, -0.1) is 0 Å². The summed E-state index contributed by atoms with van der Waals surface area (Å²) in [5.74, 6) is 0. The van der Waals surface area contributed by atoms with Crippen molar-refractivity contribution in [2.75, 3.05) is 13.1 Å². The molecule has 0 unspecified atom stereocenters. The molecule has 0 amide bonds. The summed E-state index contributed by atoms with van der Waals surface area (Å²) in [4.78, 5) is 0.391. The minimum absolute atomic E-state index is 0.391. The highest BCUT2D eigenvalue weighted by molar-refractivity contribution is 7.89. The zero-order chi connectivity index (χ0) is 18.7. The zero-order valence-corrected chi connectivity index (χ0v) is 16.1. The summed E-state index contributed by atoms with van der Waals surface area (Å²) in [6, 6.07) is 22.1. The second-order valence-corrected chi connectivity index (χ2v) is 8.98. The second-order valence-electron chi connectivity index (χ2n) is 7.04. The molecule has 1 N–H and O–H groups in total. The molecular formula is C22H24N2O2S. The van der Waals surface area contributed by atoms with Crippen LogP contribution in [0, 0.1) is 0 Å². The molecule has 3 aromatic rings. The first kappa shape index (κ1) is 18.2. The van der Waals surface area contributed by atoms with Crippen molar-refractivity contribution >= 4 is 20.8 Å². The third kappa shape index (κ3) is 4.05. The topological polar surface area (TPSA) is 49.4 Å². The van der Waals surface area contributed by atoms with Gasteiger partial charge in [-0.05, 0) is 52.9 Å². The number of fused-ring (bicyclic) bond motifs is 1. The normalized spacial score (nSPS) is 15.4. The molecule has 0 saturated carbocycles. The first-order chi connectivity index (χ1) is 13.1. The van der Waals surface area contributed by atoms with E-state index >= 15 is 0 Å². The molecule has 4 rings (SSSR count). The van der Waals surface area contributed by atoms with Crippen molar-refractivity contribution in [1.82, 2.24) is 9.62 Å². The summed E-state index contributed by atoms with van der Waals surface area (Å²) in [7, 11) is -3.33. The van der Waals surface area contributed by atoms with E-state index in [0.29, 0.717) is 24.5 Å². The molecule has 3 aromatic carbocycles. The maximum Gasteiger partial charge on any atom is 0.243 e. The number of hydrogen-bond acceptors (Lipinski definition) is 3. The molecule has 5 heteroatoms. The summed E-state index contributed by atoms with van der Waals surface area (Å²) >= 11 is 0. The highest BCUT2D eigenvalue weighted by atomic mass is 32.2. The van der Waals surface area contributed by atoms with Crippen LogP contribution in [0.4, 0.5) is 0 Å². The summed E-state index contributed by atoms with van der Waals surface area (Å²) in [6.07, 6.45) is 1.91. The lowest BCUT2D eigenvalue weighted by Crippen LogP contribution is -2.27. The first-order valence-corrected chi connectivity index (χ1v) is 10.8. The number of nitrogens with zero attached hydrogens (tertiary/aromatic N) is 1. The van der Waals surface area contributed by atoms with Crippen LogP contribution in [0.1, 0.15) is 24.0 Å². The highest BCUT2D eigenvalue weighted by Gasteiger charge is 2.26. The van der Waals surface area contributed by atoms with Crippen molar-refractivity contribution in [3.05, 3.63) is 77.9 Å². The fraction of sp³-hybridized carbons (Fsp3) is 0.273. The van der Waals surface area contributed by atoms with Crippen LogP contribution in [0.3, 0.4) is 0 Å². The van der Waals surface area contributed by atoms with Gasteiger partial charge in [0.2, 0.25) is 10.0 Å². The molecule has 0 aliphatic carbocycles. The van der Waals surface area contributed by atoms with Gasteiger partial charge in [0.05, 0.1) is 4.90 Å². The van der Waals surface area contributed by atoms with E-state index in [1.807, 2.05) is 18.2 Å². The van der Waals surface area contributed by atoms with Crippen LogP contribution >= 0.6 is 0 Å². The first-order valence-electron chi connectivity index (χ1n) is 9.40. The van der Waals surface area contributed by atoms with Crippen molar-refractivity contribution in [1.29, 1.82) is 0 Å². The lowest BCUT2D eigenvalue weighted by Gasteiger charge is -2.15. The molecule has 1 fully saturated rings. The van der Waals surface area contributed by atoms with Crippen LogP contribution in [-0.4, -0.2) is 25.8 Å². The molecule has 1 heterocycles. The molecule has 0 radical (unpaired) electrons. The van der Waals surface area contributed by atoms with Gasteiger partial charge in [0, 0.05) is 26.2 Å². The van der Waals surface area contributed by atoms with Crippen LogP contribution in [-0.2, 0) is 23.1 Å². The molecule has 0 aromatic heterocycles. The van der Waals surface area contributed by atoms with Crippen LogP contribution < -0.4 is 5.32 Å². The Morgan fingerprint density at radius 1 is 0.778 bits per heavy atom. The van der Waals surface area contributed by atoms with E-state index < -0.39 is 10.0 Å². The van der Waals surface area contributed by atoms with Gasteiger partial charge in [-0.3, -0.25) is 0 Å². The van der Waals surface area contributed by atoms with Crippen molar-refractivity contribution in [2.24, 2.45) is 0 Å². The van der Waals surface area contributed by atoms with Crippen LogP contribution in [0.2, 0.25) is 0 Å². The lowest BCUT2D eigenvalue weighted by atomic mass is 10.1. The Bertz CT molecular complexity index is 1020. The quantitative estimate of drug-likeness (QED) is 0.705. The van der Waals surface area contributed by atoms with E-state index in [4.69, 9.17) is 0 Å². The molecular weight excluding hydrogens is 356 g/mol. The van der Waals surface area contributed by atoms with Gasteiger partial charge < -0.3 is 5.32 Å². The SMILES string of the molecule is O=S(=O)(c1ccc(CNCc2ccc3ccccc3c2)cc1)N1CCCC1. The highest BCUT2D eigenvalue weighted by Crippen LogP contribution is 2.21. The van der Waals surface area contributed by atoms with Gasteiger partial charge in [0.25, 0.3) is 0 Å². The minimum atomic E-state index is -3.33. The largest absolute Gasteiger partial charge is 0.309 e. The molecule has 1 aliphatic heterocycles. The van der Waals surface area contributed by atoms with Gasteiger partial charge in [0.15, 0.2) is 0 Å². The summed E-state index contributed by atoms with van der Waals surface area (Å²) < 4.78 is 26.7. The zero-order valence-electron chi connectivity index (χ0n) is 15.3. The predicted octanol–water partition coefficient (Wildman–Crippen LogP) is 3.91. The van der Waals surface area contributed by atoms with E-state index in [-0.39, 0.29) is 0 Å². The van der Waals surface area contributed by atoms with Crippen LogP contribution in [0.15, 0.2) is 71.6 Å². The third-order valence-corrected chi connectivity index (χ3v) is 7.01. The molecule has 0 atom stereocenters. The number of nitrogens with one attached hydrogen (secondary N) is 1. The molecule has 1 saturated heterocycles. The number of rotatable bonds is 6. The summed E-state index contributed by atoms with van der Waals surface area (Å²) in [5, 5.41) is 5.93. The van der Waals surface area contributed by atoms with E-state index in [0.717, 1.165) is 24.9 Å². The van der Waals surface area contributed by atoms with Gasteiger partial charge in [0.1, 0.15) is 0 Å². The summed E-state index contributed by atoms with van der Waals surface area (Å²) in [5.41, 5.74) is 2.32. The number of hydrogen-bond donors (Lipinski definition) is 1. The van der Waals surface area contributed by atoms with Crippen molar-refractivity contribution in [3.8, 4) is 0 Å². The average molecular weight is 381 g/mol. The van der Waals surface area contributed by atoms with E-state index in [1.165, 1.54) is 16.3 Å². The fourth-order valence-electron chi connectivity index (χ4n) is 3.56. The summed E-state index contributed by atoms with van der Waals surface area (Å²) in [6.45, 7) is 2.75. The standard InChI is InChI=1S/C22H24N2O2S/c25-27(26,24-13-3-4-14-24)22-11-8-18(9-12-22)16-23-17-19-7-10-20-5-1-2-6-21(20)15-19/h1-2,5-12,15,23H,3-4,13-14,16-17H2. The van der Waals surface area contributed by atoms with Crippen molar-refractivity contribution in [3.63, 3.8) is 0 Å². The Hall–Kier alpha value is -2.21. The molecule has 27 heavy (non-hydrogen) atoms. The smallest absolute Gasteiger partial charge is 0.243 e. The van der Waals surface area contributed by atoms with Crippen molar-refractivity contribution < 1.29 is 8.42 Å². The average Bonchev–Trinajstić information content (AvgIpc) is 3.24. The number of sulfonamides is 1. The Morgan fingerprint density at radius 3 is 2.15 bits per heavy atom. The van der Waals surface area contributed by atoms with Crippen molar-refractivity contribution in [2.45, 2.75) is 30.8 Å². The molecule has 0 spiro atoms. The number of benzene rings is 3. The fourth-order valence-corrected chi connectivity index (χ4v) is 5.07. The maximum atomic E-state index is 12.6. The Morgan fingerprint density at radius 2 is 1.41 bits per heavy atom.